The molecule has 29 heavy (non-hydrogen) atoms. The first-order valence-electron chi connectivity index (χ1n) is 8.71. The summed E-state index contributed by atoms with van der Waals surface area (Å²) in [5.74, 6) is 1.72. The Kier molecular flexibility index (Phi) is 5.39. The van der Waals surface area contributed by atoms with Crippen LogP contribution in [0.5, 0.6) is 11.5 Å². The molecular formula is C20H17N3O5S. The normalized spacial score (nSPS) is 10.8. The van der Waals surface area contributed by atoms with Gasteiger partial charge in [-0.2, -0.15) is 0 Å². The third-order valence-electron chi connectivity index (χ3n) is 4.10. The van der Waals surface area contributed by atoms with Gasteiger partial charge in [0, 0.05) is 5.56 Å². The fourth-order valence-corrected chi connectivity index (χ4v) is 3.65. The van der Waals surface area contributed by atoms with Crippen molar-refractivity contribution in [2.75, 3.05) is 20.8 Å². The van der Waals surface area contributed by atoms with Crippen LogP contribution in [0.3, 0.4) is 0 Å². The summed E-state index contributed by atoms with van der Waals surface area (Å²) >= 11 is 1.57. The van der Waals surface area contributed by atoms with E-state index in [9.17, 15) is 4.79 Å². The van der Waals surface area contributed by atoms with Gasteiger partial charge in [-0.25, -0.2) is 9.78 Å². The smallest absolute Gasteiger partial charge is 0.343 e. The fraction of sp³-hybridized carbons (Fsp3) is 0.200. The number of ether oxygens (including phenoxy) is 3. The summed E-state index contributed by atoms with van der Waals surface area (Å²) in [6.45, 7) is -0.145. The summed E-state index contributed by atoms with van der Waals surface area (Å²) in [6, 6.07) is 12.8. The number of carbonyl (C=O) groups is 1. The van der Waals surface area contributed by atoms with Crippen molar-refractivity contribution in [3.8, 4) is 23.0 Å². The number of hydrogen-bond acceptors (Lipinski definition) is 9. The lowest BCUT2D eigenvalue weighted by molar-refractivity contribution is -0.142. The molecule has 2 aromatic carbocycles. The van der Waals surface area contributed by atoms with Gasteiger partial charge in [0.15, 0.2) is 6.61 Å². The van der Waals surface area contributed by atoms with Crippen molar-refractivity contribution in [3.63, 3.8) is 0 Å². The lowest BCUT2D eigenvalue weighted by Crippen LogP contribution is -2.12. The third-order valence-corrected chi connectivity index (χ3v) is 5.12. The van der Waals surface area contributed by atoms with Crippen LogP contribution in [0.4, 0.5) is 0 Å². The average Bonchev–Trinajstić information content (AvgIpc) is 3.39. The van der Waals surface area contributed by atoms with Gasteiger partial charge in [-0.1, -0.05) is 6.07 Å². The molecule has 0 amide bonds. The molecule has 2 aromatic heterocycles. The molecule has 4 rings (SSSR count). The topological polar surface area (TPSA) is 96.6 Å². The van der Waals surface area contributed by atoms with Gasteiger partial charge >= 0.3 is 5.97 Å². The number of fused-ring (bicyclic) bond motifs is 1. The minimum absolute atomic E-state index is 0.145. The molecule has 2 heterocycles. The number of aromatic nitrogens is 3. The van der Waals surface area contributed by atoms with Gasteiger partial charge in [0.1, 0.15) is 22.0 Å². The van der Waals surface area contributed by atoms with E-state index >= 15 is 0 Å². The fourth-order valence-electron chi connectivity index (χ4n) is 2.68. The van der Waals surface area contributed by atoms with Crippen LogP contribution in [0.1, 0.15) is 10.9 Å². The van der Waals surface area contributed by atoms with Crippen LogP contribution < -0.4 is 9.47 Å². The average molecular weight is 411 g/mol. The lowest BCUT2D eigenvalue weighted by Gasteiger charge is -2.04. The summed E-state index contributed by atoms with van der Waals surface area (Å²) in [7, 11) is 2.94. The first-order chi connectivity index (χ1) is 14.2. The second-order valence-corrected chi connectivity index (χ2v) is 7.10. The van der Waals surface area contributed by atoms with Crippen molar-refractivity contribution in [1.82, 2.24) is 15.2 Å². The minimum Gasteiger partial charge on any atom is -0.494 e. The van der Waals surface area contributed by atoms with Crippen LogP contribution in [0.25, 0.3) is 21.7 Å². The predicted molar refractivity (Wildman–Crippen MR) is 106 cm³/mol. The van der Waals surface area contributed by atoms with E-state index in [1.165, 1.54) is 7.11 Å². The summed E-state index contributed by atoms with van der Waals surface area (Å²) in [5, 5.41) is 9.09. The quantitative estimate of drug-likeness (QED) is 0.426. The Hall–Kier alpha value is -3.46. The molecule has 0 aliphatic carbocycles. The van der Waals surface area contributed by atoms with Crippen molar-refractivity contribution in [3.05, 3.63) is 53.4 Å². The number of para-hydroxylation sites is 1. The summed E-state index contributed by atoms with van der Waals surface area (Å²) in [6.07, 6.45) is 0.440. The Labute approximate surface area is 170 Å². The van der Waals surface area contributed by atoms with E-state index in [2.05, 4.69) is 19.9 Å². The number of nitrogens with zero attached hydrogens (tertiary/aromatic N) is 3. The van der Waals surface area contributed by atoms with Crippen LogP contribution >= 0.6 is 11.3 Å². The highest BCUT2D eigenvalue weighted by molar-refractivity contribution is 7.18. The molecule has 9 heteroatoms. The Bertz CT molecular complexity index is 1140. The number of esters is 1. The van der Waals surface area contributed by atoms with Gasteiger partial charge < -0.3 is 18.6 Å². The molecule has 0 spiro atoms. The van der Waals surface area contributed by atoms with Gasteiger partial charge in [0.25, 0.3) is 0 Å². The maximum absolute atomic E-state index is 11.1. The molecule has 0 N–H and O–H groups in total. The number of rotatable bonds is 7. The highest BCUT2D eigenvalue weighted by Crippen LogP contribution is 2.31. The van der Waals surface area contributed by atoms with Gasteiger partial charge in [0.05, 0.1) is 25.3 Å². The van der Waals surface area contributed by atoms with Crippen molar-refractivity contribution in [2.24, 2.45) is 0 Å². The van der Waals surface area contributed by atoms with E-state index in [4.69, 9.17) is 13.9 Å². The Morgan fingerprint density at radius 3 is 2.69 bits per heavy atom. The summed E-state index contributed by atoms with van der Waals surface area (Å²) in [5.41, 5.74) is 1.58. The highest BCUT2D eigenvalue weighted by Gasteiger charge is 2.14. The zero-order valence-corrected chi connectivity index (χ0v) is 16.6. The monoisotopic (exact) mass is 411 g/mol. The molecule has 0 radical (unpaired) electrons. The van der Waals surface area contributed by atoms with E-state index in [0.717, 1.165) is 26.5 Å². The standard InChI is InChI=1S/C20H17N3O5S/c1-25-14-4-3-5-15-19(14)21-17(29-15)10-16-22-23-20(28-16)12-6-8-13(9-7-12)27-11-18(24)26-2/h3-9H,10-11H2,1-2H3. The molecule has 0 atom stereocenters. The number of thiazole rings is 1. The largest absolute Gasteiger partial charge is 0.494 e. The van der Waals surface area contributed by atoms with E-state index in [1.807, 2.05) is 18.2 Å². The van der Waals surface area contributed by atoms with Gasteiger partial charge in [-0.3, -0.25) is 0 Å². The van der Waals surface area contributed by atoms with Crippen molar-refractivity contribution in [2.45, 2.75) is 6.42 Å². The summed E-state index contributed by atoms with van der Waals surface area (Å²) in [4.78, 5) is 15.8. The Balaban J connectivity index is 1.46. The van der Waals surface area contributed by atoms with Crippen LogP contribution in [-0.2, 0) is 16.0 Å². The molecule has 0 fully saturated rings. The Morgan fingerprint density at radius 2 is 1.93 bits per heavy atom. The maximum atomic E-state index is 11.1. The van der Waals surface area contributed by atoms with E-state index in [0.29, 0.717) is 24.0 Å². The molecule has 0 unspecified atom stereocenters. The van der Waals surface area contributed by atoms with Crippen molar-refractivity contribution < 1.29 is 23.4 Å². The maximum Gasteiger partial charge on any atom is 0.343 e. The van der Waals surface area contributed by atoms with Crippen molar-refractivity contribution in [1.29, 1.82) is 0 Å². The van der Waals surface area contributed by atoms with E-state index in [-0.39, 0.29) is 6.61 Å². The van der Waals surface area contributed by atoms with E-state index in [1.54, 1.807) is 42.7 Å². The second kappa shape index (κ2) is 8.27. The molecule has 0 saturated heterocycles. The van der Waals surface area contributed by atoms with Gasteiger partial charge in [-0.05, 0) is 36.4 Å². The molecule has 4 aromatic rings. The zero-order valence-electron chi connectivity index (χ0n) is 15.7. The van der Waals surface area contributed by atoms with Crippen LogP contribution in [0.2, 0.25) is 0 Å². The molecular weight excluding hydrogens is 394 g/mol. The van der Waals surface area contributed by atoms with E-state index < -0.39 is 5.97 Å². The number of methoxy groups -OCH3 is 2. The molecule has 0 aliphatic rings. The number of benzene rings is 2. The molecule has 0 bridgehead atoms. The molecule has 8 nitrogen and oxygen atoms in total. The molecule has 0 saturated carbocycles. The molecule has 148 valence electrons. The van der Waals surface area contributed by atoms with Crippen LogP contribution in [0, 0.1) is 0 Å². The van der Waals surface area contributed by atoms with Crippen LogP contribution in [0.15, 0.2) is 46.9 Å². The third kappa shape index (κ3) is 4.19. The SMILES string of the molecule is COC(=O)COc1ccc(-c2nnc(Cc3nc4c(OC)cccc4s3)o2)cc1. The number of carbonyl (C=O) groups excluding carboxylic acids is 1. The second-order valence-electron chi connectivity index (χ2n) is 5.98. The minimum atomic E-state index is -0.442. The van der Waals surface area contributed by atoms with Gasteiger partial charge in [0.2, 0.25) is 11.8 Å². The van der Waals surface area contributed by atoms with Crippen LogP contribution in [-0.4, -0.2) is 42.0 Å². The molecule has 0 aliphatic heterocycles. The van der Waals surface area contributed by atoms with Crippen molar-refractivity contribution >= 4 is 27.5 Å². The highest BCUT2D eigenvalue weighted by atomic mass is 32.1. The Morgan fingerprint density at radius 1 is 1.10 bits per heavy atom. The van der Waals surface area contributed by atoms with Gasteiger partial charge in [-0.15, -0.1) is 21.5 Å². The summed E-state index contributed by atoms with van der Waals surface area (Å²) < 4.78 is 22.0. The lowest BCUT2D eigenvalue weighted by atomic mass is 10.2. The zero-order chi connectivity index (χ0) is 20.2. The first-order valence-corrected chi connectivity index (χ1v) is 9.53. The first kappa shape index (κ1) is 18.9. The predicted octanol–water partition coefficient (Wildman–Crippen LogP) is 3.50. The number of hydrogen-bond donors (Lipinski definition) is 0.